The molecule has 7 nitrogen and oxygen atoms in total. The van der Waals surface area contributed by atoms with Crippen LogP contribution in [0.4, 0.5) is 5.69 Å². The Hall–Kier alpha value is -1.93. The van der Waals surface area contributed by atoms with Gasteiger partial charge in [-0.05, 0) is 49.9 Å². The van der Waals surface area contributed by atoms with E-state index in [0.29, 0.717) is 18.7 Å². The van der Waals surface area contributed by atoms with Crippen LogP contribution in [-0.2, 0) is 19.6 Å². The van der Waals surface area contributed by atoms with Crippen LogP contribution in [0.1, 0.15) is 51.9 Å². The summed E-state index contributed by atoms with van der Waals surface area (Å²) in [5, 5.41) is 2.63. The summed E-state index contributed by atoms with van der Waals surface area (Å²) in [6.07, 6.45) is 7.02. The number of carbonyl (C=O) groups excluding carboxylic acids is 2. The van der Waals surface area contributed by atoms with Crippen LogP contribution in [0.15, 0.2) is 29.2 Å². The highest BCUT2D eigenvalue weighted by Crippen LogP contribution is 2.28. The van der Waals surface area contributed by atoms with Crippen LogP contribution >= 0.6 is 0 Å². The smallest absolute Gasteiger partial charge is 0.243 e. The monoisotopic (exact) mass is 421 g/mol. The van der Waals surface area contributed by atoms with Crippen molar-refractivity contribution in [1.82, 2.24) is 9.21 Å². The highest BCUT2D eigenvalue weighted by atomic mass is 32.2. The van der Waals surface area contributed by atoms with E-state index < -0.39 is 10.0 Å². The first kappa shape index (κ1) is 21.8. The van der Waals surface area contributed by atoms with Crippen LogP contribution in [0.3, 0.4) is 0 Å². The van der Waals surface area contributed by atoms with E-state index in [2.05, 4.69) is 5.32 Å². The Bertz CT molecular complexity index is 832. The lowest BCUT2D eigenvalue weighted by Gasteiger charge is -2.37. The predicted octanol–water partition coefficient (Wildman–Crippen LogP) is 2.84. The minimum atomic E-state index is -3.67. The van der Waals surface area contributed by atoms with E-state index in [1.165, 1.54) is 29.8 Å². The average Bonchev–Trinajstić information content (AvgIpc) is 2.73. The van der Waals surface area contributed by atoms with Gasteiger partial charge in [0.25, 0.3) is 0 Å². The van der Waals surface area contributed by atoms with Gasteiger partial charge in [0.1, 0.15) is 0 Å². The number of anilines is 1. The fraction of sp³-hybridized carbons (Fsp3) is 0.619. The minimum absolute atomic E-state index is 0.0674. The summed E-state index contributed by atoms with van der Waals surface area (Å²) in [7, 11) is -1.81. The molecule has 0 radical (unpaired) electrons. The van der Waals surface area contributed by atoms with Gasteiger partial charge in [0.05, 0.1) is 10.8 Å². The summed E-state index contributed by atoms with van der Waals surface area (Å²) in [6.45, 7) is 2.05. The number of hydrogen-bond donors (Lipinski definition) is 1. The van der Waals surface area contributed by atoms with Crippen molar-refractivity contribution < 1.29 is 18.0 Å². The molecule has 1 saturated heterocycles. The fourth-order valence-electron chi connectivity index (χ4n) is 4.36. The predicted molar refractivity (Wildman–Crippen MR) is 112 cm³/mol. The highest BCUT2D eigenvalue weighted by molar-refractivity contribution is 7.89. The number of nitrogens with zero attached hydrogens (tertiary/aromatic N) is 2. The second-order valence-corrected chi connectivity index (χ2v) is 10.1. The molecule has 8 heteroatoms. The van der Waals surface area contributed by atoms with Crippen LogP contribution in [0, 0.1) is 5.92 Å². The molecule has 1 aromatic carbocycles. The Labute approximate surface area is 173 Å². The maximum Gasteiger partial charge on any atom is 0.243 e. The Kier molecular flexibility index (Phi) is 6.95. The molecular formula is C21H31N3O4S. The molecule has 1 heterocycles. The van der Waals surface area contributed by atoms with E-state index in [1.807, 2.05) is 11.9 Å². The van der Waals surface area contributed by atoms with Gasteiger partial charge in [-0.3, -0.25) is 9.59 Å². The molecule has 0 bridgehead atoms. The quantitative estimate of drug-likeness (QED) is 0.792. The summed E-state index contributed by atoms with van der Waals surface area (Å²) in [6, 6.07) is 6.44. The number of amides is 2. The molecular weight excluding hydrogens is 390 g/mol. The summed E-state index contributed by atoms with van der Waals surface area (Å²) in [4.78, 5) is 26.2. The second-order valence-electron chi connectivity index (χ2n) is 8.15. The van der Waals surface area contributed by atoms with Gasteiger partial charge in [-0.1, -0.05) is 19.3 Å². The third-order valence-corrected chi connectivity index (χ3v) is 7.90. The zero-order chi connectivity index (χ0) is 21.0. The van der Waals surface area contributed by atoms with Crippen LogP contribution < -0.4 is 5.32 Å². The first-order chi connectivity index (χ1) is 13.8. The molecule has 0 spiro atoms. The van der Waals surface area contributed by atoms with Crippen molar-refractivity contribution in [3.8, 4) is 0 Å². The number of hydrogen-bond acceptors (Lipinski definition) is 4. The van der Waals surface area contributed by atoms with Gasteiger partial charge in [0, 0.05) is 38.8 Å². The Morgan fingerprint density at radius 1 is 1.03 bits per heavy atom. The highest BCUT2D eigenvalue weighted by Gasteiger charge is 2.35. The number of carbonyl (C=O) groups is 2. The van der Waals surface area contributed by atoms with Crippen molar-refractivity contribution in [1.29, 1.82) is 0 Å². The van der Waals surface area contributed by atoms with Crippen molar-refractivity contribution in [3.05, 3.63) is 24.3 Å². The normalized spacial score (nSPS) is 21.5. The van der Waals surface area contributed by atoms with Gasteiger partial charge in [0.2, 0.25) is 21.8 Å². The van der Waals surface area contributed by atoms with E-state index >= 15 is 0 Å². The standard InChI is InChI=1S/C21H31N3O4S/c1-16(25)22-18-10-12-20(13-11-18)29(27,28)24-14-6-7-17(15-24)21(26)23(2)19-8-4-3-5-9-19/h10-13,17,19H,3-9,14-15H2,1-2H3,(H,22,25)/t17-/m0/s1. The van der Waals surface area contributed by atoms with Gasteiger partial charge >= 0.3 is 0 Å². The summed E-state index contributed by atoms with van der Waals surface area (Å²) >= 11 is 0. The molecule has 160 valence electrons. The van der Waals surface area contributed by atoms with Crippen molar-refractivity contribution in [2.24, 2.45) is 5.92 Å². The van der Waals surface area contributed by atoms with E-state index in [9.17, 15) is 18.0 Å². The molecule has 1 saturated carbocycles. The molecule has 1 aliphatic carbocycles. The third-order valence-electron chi connectivity index (χ3n) is 6.02. The van der Waals surface area contributed by atoms with E-state index in [1.54, 1.807) is 12.1 Å². The van der Waals surface area contributed by atoms with Crippen molar-refractivity contribution in [3.63, 3.8) is 0 Å². The first-order valence-electron chi connectivity index (χ1n) is 10.4. The van der Waals surface area contributed by atoms with Crippen molar-refractivity contribution >= 4 is 27.5 Å². The van der Waals surface area contributed by atoms with Crippen LogP contribution in [-0.4, -0.2) is 55.6 Å². The number of piperidine rings is 1. The third kappa shape index (κ3) is 5.17. The SMILES string of the molecule is CC(=O)Nc1ccc(S(=O)(=O)N2CCC[C@H](C(=O)N(C)C3CCCCC3)C2)cc1. The zero-order valence-corrected chi connectivity index (χ0v) is 18.1. The number of nitrogens with one attached hydrogen (secondary N) is 1. The Balaban J connectivity index is 1.68. The molecule has 2 fully saturated rings. The summed E-state index contributed by atoms with van der Waals surface area (Å²) in [5.74, 6) is -0.429. The van der Waals surface area contributed by atoms with Gasteiger partial charge in [-0.25, -0.2) is 8.42 Å². The second kappa shape index (κ2) is 9.26. The van der Waals surface area contributed by atoms with Gasteiger partial charge < -0.3 is 10.2 Å². The number of rotatable bonds is 5. The Morgan fingerprint density at radius 2 is 1.69 bits per heavy atom. The van der Waals surface area contributed by atoms with Crippen LogP contribution in [0.5, 0.6) is 0 Å². The maximum absolute atomic E-state index is 13.1. The van der Waals surface area contributed by atoms with E-state index in [0.717, 1.165) is 32.1 Å². The molecule has 29 heavy (non-hydrogen) atoms. The molecule has 1 atom stereocenters. The summed E-state index contributed by atoms with van der Waals surface area (Å²) in [5.41, 5.74) is 0.553. The van der Waals surface area contributed by atoms with Crippen LogP contribution in [0.25, 0.3) is 0 Å². The van der Waals surface area contributed by atoms with Crippen LogP contribution in [0.2, 0.25) is 0 Å². The molecule has 1 N–H and O–H groups in total. The number of benzene rings is 1. The molecule has 2 amide bonds. The molecule has 1 aliphatic heterocycles. The molecule has 0 unspecified atom stereocenters. The number of sulfonamides is 1. The average molecular weight is 422 g/mol. The molecule has 3 rings (SSSR count). The Morgan fingerprint density at radius 3 is 2.31 bits per heavy atom. The van der Waals surface area contributed by atoms with Gasteiger partial charge in [-0.2, -0.15) is 4.31 Å². The minimum Gasteiger partial charge on any atom is -0.342 e. The lowest BCUT2D eigenvalue weighted by molar-refractivity contribution is -0.138. The van der Waals surface area contributed by atoms with E-state index in [-0.39, 0.29) is 35.2 Å². The largest absolute Gasteiger partial charge is 0.342 e. The van der Waals surface area contributed by atoms with Crippen molar-refractivity contribution in [2.45, 2.75) is 62.8 Å². The topological polar surface area (TPSA) is 86.8 Å². The maximum atomic E-state index is 13.1. The lowest BCUT2D eigenvalue weighted by Crippen LogP contribution is -2.48. The fourth-order valence-corrected chi connectivity index (χ4v) is 5.88. The first-order valence-corrected chi connectivity index (χ1v) is 11.9. The van der Waals surface area contributed by atoms with Gasteiger partial charge in [-0.15, -0.1) is 0 Å². The van der Waals surface area contributed by atoms with E-state index in [4.69, 9.17) is 0 Å². The van der Waals surface area contributed by atoms with Crippen molar-refractivity contribution in [2.75, 3.05) is 25.5 Å². The zero-order valence-electron chi connectivity index (χ0n) is 17.3. The molecule has 2 aliphatic rings. The van der Waals surface area contributed by atoms with Gasteiger partial charge in [0.15, 0.2) is 0 Å². The lowest BCUT2D eigenvalue weighted by atomic mass is 9.92. The molecule has 0 aromatic heterocycles. The summed E-state index contributed by atoms with van der Waals surface area (Å²) < 4.78 is 27.6. The molecule has 1 aromatic rings.